The molecule has 0 radical (unpaired) electrons. The van der Waals surface area contributed by atoms with Crippen molar-refractivity contribution in [3.63, 3.8) is 0 Å². The number of hydrogen-bond donors (Lipinski definition) is 0. The van der Waals surface area contributed by atoms with E-state index in [9.17, 15) is 8.42 Å². The van der Waals surface area contributed by atoms with Crippen LogP contribution in [0.1, 0.15) is 29.5 Å². The second kappa shape index (κ2) is 5.49. The molecule has 1 atom stereocenters. The highest BCUT2D eigenvalue weighted by molar-refractivity contribution is 7.90. The van der Waals surface area contributed by atoms with E-state index in [-0.39, 0.29) is 5.89 Å². The molecule has 0 saturated heterocycles. The number of fused-ring (bicyclic) bond motifs is 1. The van der Waals surface area contributed by atoms with Gasteiger partial charge in [0.1, 0.15) is 5.25 Å². The number of benzene rings is 1. The predicted octanol–water partition coefficient (Wildman–Crippen LogP) is 2.31. The maximum Gasteiger partial charge on any atom is 0.244 e. The summed E-state index contributed by atoms with van der Waals surface area (Å²) in [5.41, 5.74) is 1.85. The van der Waals surface area contributed by atoms with Crippen molar-refractivity contribution in [1.29, 1.82) is 0 Å². The molecule has 2 aromatic heterocycles. The molecule has 114 valence electrons. The van der Waals surface area contributed by atoms with Gasteiger partial charge in [-0.3, -0.25) is 4.98 Å². The summed E-state index contributed by atoms with van der Waals surface area (Å²) < 4.78 is 28.1. The second-order valence-corrected chi connectivity index (χ2v) is 7.56. The Bertz CT molecular complexity index is 913. The highest BCUT2D eigenvalue weighted by atomic mass is 32.2. The molecule has 0 fully saturated rings. The highest BCUT2D eigenvalue weighted by Gasteiger charge is 2.24. The van der Waals surface area contributed by atoms with Crippen molar-refractivity contribution in [2.24, 2.45) is 0 Å². The molecule has 0 aliphatic heterocycles. The summed E-state index contributed by atoms with van der Waals surface area (Å²) >= 11 is 0. The molecule has 0 bridgehead atoms. The minimum atomic E-state index is -3.26. The Morgan fingerprint density at radius 3 is 2.77 bits per heavy atom. The van der Waals surface area contributed by atoms with Crippen LogP contribution in [-0.2, 0) is 16.3 Å². The van der Waals surface area contributed by atoms with Crippen molar-refractivity contribution in [2.45, 2.75) is 18.6 Å². The zero-order valence-electron chi connectivity index (χ0n) is 12.2. The average Bonchev–Trinajstić information content (AvgIpc) is 2.94. The smallest absolute Gasteiger partial charge is 0.244 e. The van der Waals surface area contributed by atoms with Crippen LogP contribution in [0.15, 0.2) is 41.1 Å². The van der Waals surface area contributed by atoms with Crippen molar-refractivity contribution in [1.82, 2.24) is 15.1 Å². The summed E-state index contributed by atoms with van der Waals surface area (Å²) in [5.74, 6) is 0.564. The molecule has 1 aromatic carbocycles. The molecule has 0 spiro atoms. The van der Waals surface area contributed by atoms with E-state index in [1.807, 2.05) is 30.3 Å². The van der Waals surface area contributed by atoms with Gasteiger partial charge in [0, 0.05) is 24.3 Å². The molecule has 6 nitrogen and oxygen atoms in total. The Kier molecular flexibility index (Phi) is 3.66. The lowest BCUT2D eigenvalue weighted by molar-refractivity contribution is 0.372. The maximum atomic E-state index is 11.5. The van der Waals surface area contributed by atoms with Gasteiger partial charge < -0.3 is 4.52 Å². The fraction of sp³-hybridized carbons (Fsp3) is 0.267. The quantitative estimate of drug-likeness (QED) is 0.734. The molecule has 2 heterocycles. The van der Waals surface area contributed by atoms with Gasteiger partial charge in [-0.05, 0) is 18.6 Å². The normalized spacial score (nSPS) is 13.4. The predicted molar refractivity (Wildman–Crippen MR) is 82.1 cm³/mol. The SMILES string of the molecule is CC(c1nc(Cc2cccc3cccnc23)no1)S(C)(=O)=O. The van der Waals surface area contributed by atoms with Crippen LogP contribution in [0.25, 0.3) is 10.9 Å². The van der Waals surface area contributed by atoms with Crippen LogP contribution < -0.4 is 0 Å². The first-order valence-electron chi connectivity index (χ1n) is 6.79. The first kappa shape index (κ1) is 14.6. The van der Waals surface area contributed by atoms with Crippen LogP contribution >= 0.6 is 0 Å². The first-order valence-corrected chi connectivity index (χ1v) is 8.74. The molecule has 0 N–H and O–H groups in total. The van der Waals surface area contributed by atoms with Crippen molar-refractivity contribution in [3.8, 4) is 0 Å². The third-order valence-electron chi connectivity index (χ3n) is 3.54. The largest absolute Gasteiger partial charge is 0.338 e. The lowest BCUT2D eigenvalue weighted by atomic mass is 10.1. The summed E-state index contributed by atoms with van der Waals surface area (Å²) in [4.78, 5) is 8.57. The van der Waals surface area contributed by atoms with Gasteiger partial charge >= 0.3 is 0 Å². The van der Waals surface area contributed by atoms with E-state index in [0.29, 0.717) is 12.2 Å². The maximum absolute atomic E-state index is 11.5. The van der Waals surface area contributed by atoms with Gasteiger partial charge in [-0.2, -0.15) is 4.98 Å². The zero-order chi connectivity index (χ0) is 15.7. The molecule has 3 rings (SSSR count). The Morgan fingerprint density at radius 2 is 2.00 bits per heavy atom. The highest BCUT2D eigenvalue weighted by Crippen LogP contribution is 2.21. The van der Waals surface area contributed by atoms with Gasteiger partial charge in [0.05, 0.1) is 5.52 Å². The molecule has 22 heavy (non-hydrogen) atoms. The van der Waals surface area contributed by atoms with E-state index < -0.39 is 15.1 Å². The van der Waals surface area contributed by atoms with Crippen LogP contribution in [0.5, 0.6) is 0 Å². The summed E-state index contributed by atoms with van der Waals surface area (Å²) in [6, 6.07) is 9.75. The molecular formula is C15H15N3O3S. The van der Waals surface area contributed by atoms with E-state index in [2.05, 4.69) is 15.1 Å². The lowest BCUT2D eigenvalue weighted by Gasteiger charge is -2.03. The first-order chi connectivity index (χ1) is 10.4. The molecular weight excluding hydrogens is 302 g/mol. The molecule has 0 saturated carbocycles. The third-order valence-corrected chi connectivity index (χ3v) is 5.02. The van der Waals surface area contributed by atoms with Gasteiger partial charge in [-0.15, -0.1) is 0 Å². The molecule has 0 aliphatic carbocycles. The minimum Gasteiger partial charge on any atom is -0.338 e. The van der Waals surface area contributed by atoms with Crippen molar-refractivity contribution >= 4 is 20.7 Å². The topological polar surface area (TPSA) is 85.9 Å². The lowest BCUT2D eigenvalue weighted by Crippen LogP contribution is -2.08. The molecule has 3 aromatic rings. The number of sulfone groups is 1. The summed E-state index contributed by atoms with van der Waals surface area (Å²) in [7, 11) is -3.26. The summed E-state index contributed by atoms with van der Waals surface area (Å²) in [6.45, 7) is 1.53. The average molecular weight is 317 g/mol. The molecule has 1 unspecified atom stereocenters. The molecule has 0 amide bonds. The number of nitrogens with zero attached hydrogens (tertiary/aromatic N) is 3. The van der Waals surface area contributed by atoms with E-state index in [1.165, 1.54) is 6.92 Å². The Hall–Kier alpha value is -2.28. The number of para-hydroxylation sites is 1. The fourth-order valence-electron chi connectivity index (χ4n) is 2.17. The van der Waals surface area contributed by atoms with E-state index in [1.54, 1.807) is 6.20 Å². The van der Waals surface area contributed by atoms with Crippen molar-refractivity contribution < 1.29 is 12.9 Å². The number of rotatable bonds is 4. The van der Waals surface area contributed by atoms with Crippen LogP contribution in [0.4, 0.5) is 0 Å². The second-order valence-electron chi connectivity index (χ2n) is 5.19. The van der Waals surface area contributed by atoms with Crippen molar-refractivity contribution in [2.75, 3.05) is 6.26 Å². The number of aromatic nitrogens is 3. The third kappa shape index (κ3) is 2.85. The van der Waals surface area contributed by atoms with E-state index in [4.69, 9.17) is 4.52 Å². The molecule has 7 heteroatoms. The van der Waals surface area contributed by atoms with Crippen LogP contribution in [0, 0.1) is 0 Å². The van der Waals surface area contributed by atoms with Crippen LogP contribution in [-0.4, -0.2) is 29.8 Å². The fourth-order valence-corrected chi connectivity index (χ4v) is 2.63. The number of pyridine rings is 1. The standard InChI is InChI=1S/C15H15N3O3S/c1-10(22(2,19)20)15-17-13(18-21-15)9-12-6-3-5-11-7-4-8-16-14(11)12/h3-8,10H,9H2,1-2H3. The zero-order valence-corrected chi connectivity index (χ0v) is 13.0. The van der Waals surface area contributed by atoms with E-state index in [0.717, 1.165) is 22.7 Å². The Balaban J connectivity index is 1.92. The van der Waals surface area contributed by atoms with Gasteiger partial charge in [-0.1, -0.05) is 29.4 Å². The van der Waals surface area contributed by atoms with Gasteiger partial charge in [-0.25, -0.2) is 8.42 Å². The Labute approximate surface area is 128 Å². The summed E-state index contributed by atoms with van der Waals surface area (Å²) in [6.07, 6.45) is 3.32. The monoisotopic (exact) mass is 317 g/mol. The van der Waals surface area contributed by atoms with E-state index >= 15 is 0 Å². The van der Waals surface area contributed by atoms with Crippen LogP contribution in [0.2, 0.25) is 0 Å². The Morgan fingerprint density at radius 1 is 1.23 bits per heavy atom. The van der Waals surface area contributed by atoms with Gasteiger partial charge in [0.2, 0.25) is 5.89 Å². The minimum absolute atomic E-state index is 0.116. The summed E-state index contributed by atoms with van der Waals surface area (Å²) in [5, 5.41) is 4.10. The molecule has 0 aliphatic rings. The van der Waals surface area contributed by atoms with Crippen molar-refractivity contribution in [3.05, 3.63) is 53.8 Å². The van der Waals surface area contributed by atoms with Crippen LogP contribution in [0.3, 0.4) is 0 Å². The number of hydrogen-bond acceptors (Lipinski definition) is 6. The van der Waals surface area contributed by atoms with Gasteiger partial charge in [0.15, 0.2) is 15.7 Å². The van der Waals surface area contributed by atoms with Gasteiger partial charge in [0.25, 0.3) is 0 Å².